The van der Waals surface area contributed by atoms with Crippen LogP contribution in [0.25, 0.3) is 15.7 Å². The number of benzene rings is 1. The highest BCUT2D eigenvalue weighted by Gasteiger charge is 2.30. The summed E-state index contributed by atoms with van der Waals surface area (Å²) in [5, 5.41) is 4.06. The standard InChI is InChI=1S/C22H22N4O2/c1-14(2)28-22(27)25-17-11-19-18-10-15(23-3)7-8-20(18)26(21(19)12-17)13-16-6-4-5-9-24-16/h4-10,14,17H,11-13H2,1-2H3,(H,25,27)/t17-/m0/s1. The molecule has 28 heavy (non-hydrogen) atoms. The molecule has 142 valence electrons. The number of alkyl carbamates (subject to hydrolysis) is 1. The summed E-state index contributed by atoms with van der Waals surface area (Å²) in [6.07, 6.45) is 2.73. The van der Waals surface area contributed by atoms with E-state index >= 15 is 0 Å². The van der Waals surface area contributed by atoms with Gasteiger partial charge in [0.05, 0.1) is 24.9 Å². The summed E-state index contributed by atoms with van der Waals surface area (Å²) in [6, 6.07) is 11.7. The summed E-state index contributed by atoms with van der Waals surface area (Å²) >= 11 is 0. The number of ether oxygens (including phenoxy) is 1. The summed E-state index contributed by atoms with van der Waals surface area (Å²) in [6.45, 7) is 11.7. The molecule has 2 heterocycles. The van der Waals surface area contributed by atoms with Crippen molar-refractivity contribution in [3.8, 4) is 0 Å². The number of aromatic nitrogens is 2. The van der Waals surface area contributed by atoms with Crippen LogP contribution in [0.2, 0.25) is 0 Å². The van der Waals surface area contributed by atoms with Crippen LogP contribution in [-0.2, 0) is 24.1 Å². The van der Waals surface area contributed by atoms with Crippen LogP contribution < -0.4 is 5.32 Å². The van der Waals surface area contributed by atoms with E-state index in [0.717, 1.165) is 29.4 Å². The normalized spacial score (nSPS) is 15.4. The zero-order chi connectivity index (χ0) is 19.7. The number of fused-ring (bicyclic) bond motifs is 3. The van der Waals surface area contributed by atoms with Gasteiger partial charge >= 0.3 is 6.09 Å². The van der Waals surface area contributed by atoms with Crippen molar-refractivity contribution in [1.82, 2.24) is 14.9 Å². The molecule has 3 aromatic rings. The largest absolute Gasteiger partial charge is 0.447 e. The summed E-state index contributed by atoms with van der Waals surface area (Å²) in [4.78, 5) is 20.1. The zero-order valence-corrected chi connectivity index (χ0v) is 16.0. The van der Waals surface area contributed by atoms with Crippen LogP contribution in [0.4, 0.5) is 10.5 Å². The third-order valence-electron chi connectivity index (χ3n) is 5.00. The summed E-state index contributed by atoms with van der Waals surface area (Å²) in [5.74, 6) is 0. The molecular formula is C22H22N4O2. The SMILES string of the molecule is [C-]#[N+]c1ccc2c(c1)c1c(n2Cc2ccccn2)C[C@@H](NC(=O)OC(C)C)C1. The fourth-order valence-corrected chi connectivity index (χ4v) is 3.90. The predicted molar refractivity (Wildman–Crippen MR) is 107 cm³/mol. The first kappa shape index (κ1) is 18.1. The Morgan fingerprint density at radius 3 is 2.93 bits per heavy atom. The van der Waals surface area contributed by atoms with Gasteiger partial charge in [-0.1, -0.05) is 12.1 Å². The molecule has 1 N–H and O–H groups in total. The van der Waals surface area contributed by atoms with Crippen LogP contribution >= 0.6 is 0 Å². The zero-order valence-electron chi connectivity index (χ0n) is 16.0. The monoisotopic (exact) mass is 374 g/mol. The summed E-state index contributed by atoms with van der Waals surface area (Å²) in [7, 11) is 0. The number of nitrogens with zero attached hydrogens (tertiary/aromatic N) is 3. The first-order valence-electron chi connectivity index (χ1n) is 9.43. The average molecular weight is 374 g/mol. The molecule has 1 aliphatic rings. The van der Waals surface area contributed by atoms with E-state index in [-0.39, 0.29) is 18.2 Å². The Kier molecular flexibility index (Phi) is 4.74. The highest BCUT2D eigenvalue weighted by molar-refractivity contribution is 5.89. The smallest absolute Gasteiger partial charge is 0.407 e. The van der Waals surface area contributed by atoms with Gasteiger partial charge in [-0.3, -0.25) is 4.98 Å². The van der Waals surface area contributed by atoms with Crippen molar-refractivity contribution < 1.29 is 9.53 Å². The molecule has 2 aromatic heterocycles. The Bertz CT molecular complexity index is 1060. The second-order valence-electron chi connectivity index (χ2n) is 7.35. The molecule has 4 rings (SSSR count). The molecule has 0 aliphatic heterocycles. The fourth-order valence-electron chi connectivity index (χ4n) is 3.90. The lowest BCUT2D eigenvalue weighted by Crippen LogP contribution is -2.37. The lowest BCUT2D eigenvalue weighted by molar-refractivity contribution is 0.112. The summed E-state index contributed by atoms with van der Waals surface area (Å²) in [5.41, 5.74) is 5.10. The van der Waals surface area contributed by atoms with E-state index in [1.54, 1.807) is 6.20 Å². The van der Waals surface area contributed by atoms with Gasteiger partial charge in [0.2, 0.25) is 0 Å². The van der Waals surface area contributed by atoms with E-state index in [2.05, 4.69) is 19.7 Å². The quantitative estimate of drug-likeness (QED) is 0.695. The number of amides is 1. The first-order valence-corrected chi connectivity index (χ1v) is 9.43. The molecule has 1 amide bonds. The number of carbonyl (C=O) groups is 1. The Morgan fingerprint density at radius 2 is 2.21 bits per heavy atom. The van der Waals surface area contributed by atoms with Crippen molar-refractivity contribution in [2.24, 2.45) is 0 Å². The van der Waals surface area contributed by atoms with Crippen molar-refractivity contribution >= 4 is 22.7 Å². The fraction of sp³-hybridized carbons (Fsp3) is 0.318. The number of hydrogen-bond acceptors (Lipinski definition) is 3. The maximum atomic E-state index is 12.0. The van der Waals surface area contributed by atoms with E-state index in [9.17, 15) is 4.79 Å². The van der Waals surface area contributed by atoms with Gasteiger partial charge in [0.15, 0.2) is 5.69 Å². The van der Waals surface area contributed by atoms with Crippen molar-refractivity contribution in [3.63, 3.8) is 0 Å². The van der Waals surface area contributed by atoms with Crippen LogP contribution in [0, 0.1) is 6.57 Å². The third-order valence-corrected chi connectivity index (χ3v) is 5.00. The average Bonchev–Trinajstić information content (AvgIpc) is 3.19. The Labute approximate surface area is 164 Å². The maximum absolute atomic E-state index is 12.0. The highest BCUT2D eigenvalue weighted by atomic mass is 16.6. The number of rotatable bonds is 4. The lowest BCUT2D eigenvalue weighted by Gasteiger charge is -2.16. The minimum Gasteiger partial charge on any atom is -0.447 e. The van der Waals surface area contributed by atoms with Crippen molar-refractivity contribution in [2.75, 3.05) is 0 Å². The van der Waals surface area contributed by atoms with Gasteiger partial charge in [-0.25, -0.2) is 9.64 Å². The third kappa shape index (κ3) is 3.44. The molecular weight excluding hydrogens is 352 g/mol. The van der Waals surface area contributed by atoms with E-state index in [1.807, 2.05) is 50.2 Å². The van der Waals surface area contributed by atoms with Crippen molar-refractivity contribution in [1.29, 1.82) is 0 Å². The van der Waals surface area contributed by atoms with Crippen LogP contribution in [-0.4, -0.2) is 27.8 Å². The molecule has 0 saturated carbocycles. The second kappa shape index (κ2) is 7.35. The van der Waals surface area contributed by atoms with Crippen molar-refractivity contribution in [3.05, 3.63) is 71.0 Å². The number of pyridine rings is 1. The molecule has 0 radical (unpaired) electrons. The molecule has 6 heteroatoms. The molecule has 6 nitrogen and oxygen atoms in total. The Balaban J connectivity index is 1.69. The van der Waals surface area contributed by atoms with E-state index in [4.69, 9.17) is 11.3 Å². The number of hydrogen-bond donors (Lipinski definition) is 1. The van der Waals surface area contributed by atoms with Crippen LogP contribution in [0.1, 0.15) is 30.8 Å². The maximum Gasteiger partial charge on any atom is 0.407 e. The van der Waals surface area contributed by atoms with Gasteiger partial charge in [-0.15, -0.1) is 0 Å². The second-order valence-corrected chi connectivity index (χ2v) is 7.35. The molecule has 1 aromatic carbocycles. The number of nitrogens with one attached hydrogen (secondary N) is 1. The predicted octanol–water partition coefficient (Wildman–Crippen LogP) is 4.24. The molecule has 0 saturated heterocycles. The van der Waals surface area contributed by atoms with Gasteiger partial charge in [0, 0.05) is 29.9 Å². The van der Waals surface area contributed by atoms with Crippen molar-refractivity contribution in [2.45, 2.75) is 45.4 Å². The number of carbonyl (C=O) groups excluding carboxylic acids is 1. The van der Waals surface area contributed by atoms with Gasteiger partial charge < -0.3 is 14.6 Å². The van der Waals surface area contributed by atoms with E-state index < -0.39 is 0 Å². The highest BCUT2D eigenvalue weighted by Crippen LogP contribution is 2.35. The molecule has 0 bridgehead atoms. The molecule has 0 fully saturated rings. The Morgan fingerprint density at radius 1 is 1.36 bits per heavy atom. The molecule has 1 aliphatic carbocycles. The van der Waals surface area contributed by atoms with Crippen LogP contribution in [0.5, 0.6) is 0 Å². The molecule has 0 spiro atoms. The molecule has 0 unspecified atom stereocenters. The summed E-state index contributed by atoms with van der Waals surface area (Å²) < 4.78 is 7.49. The van der Waals surface area contributed by atoms with Gasteiger partial charge in [0.25, 0.3) is 0 Å². The van der Waals surface area contributed by atoms with E-state index in [0.29, 0.717) is 12.2 Å². The molecule has 1 atom stereocenters. The first-order chi connectivity index (χ1) is 13.5. The minimum absolute atomic E-state index is 0.00720. The van der Waals surface area contributed by atoms with Crippen LogP contribution in [0.15, 0.2) is 42.6 Å². The Hall–Kier alpha value is -3.33. The van der Waals surface area contributed by atoms with Gasteiger partial charge in [-0.2, -0.15) is 0 Å². The topological polar surface area (TPSA) is 60.5 Å². The minimum atomic E-state index is -0.382. The van der Waals surface area contributed by atoms with Gasteiger partial charge in [-0.05, 0) is 55.5 Å². The lowest BCUT2D eigenvalue weighted by atomic mass is 10.1. The van der Waals surface area contributed by atoms with E-state index in [1.165, 1.54) is 11.3 Å². The van der Waals surface area contributed by atoms with Gasteiger partial charge in [0.1, 0.15) is 0 Å². The van der Waals surface area contributed by atoms with Crippen LogP contribution in [0.3, 0.4) is 0 Å².